The Morgan fingerprint density at radius 3 is 2.80 bits per heavy atom. The molecule has 0 aromatic heterocycles. The molecule has 1 aliphatic rings. The van der Waals surface area contributed by atoms with Crippen LogP contribution in [0.25, 0.3) is 0 Å². The van der Waals surface area contributed by atoms with Crippen LogP contribution in [0.1, 0.15) is 22.8 Å². The van der Waals surface area contributed by atoms with Crippen molar-refractivity contribution in [2.45, 2.75) is 19.4 Å². The molecule has 4 heteroatoms. The molecule has 0 saturated heterocycles. The van der Waals surface area contributed by atoms with Crippen molar-refractivity contribution >= 4 is 33.3 Å². The van der Waals surface area contributed by atoms with Gasteiger partial charge in [-0.15, -0.1) is 0 Å². The maximum atomic E-state index is 11.2. The minimum absolute atomic E-state index is 0.297. The Morgan fingerprint density at radius 1 is 1.30 bits per heavy atom. The highest BCUT2D eigenvalue weighted by atomic mass is 79.9. The van der Waals surface area contributed by atoms with Gasteiger partial charge in [-0.3, -0.25) is 0 Å². The summed E-state index contributed by atoms with van der Waals surface area (Å²) in [6.07, 6.45) is 0.977. The van der Waals surface area contributed by atoms with Gasteiger partial charge in [0, 0.05) is 21.9 Å². The number of anilines is 2. The molecule has 20 heavy (non-hydrogen) atoms. The van der Waals surface area contributed by atoms with Gasteiger partial charge in [0.2, 0.25) is 0 Å². The van der Waals surface area contributed by atoms with E-state index in [9.17, 15) is 9.90 Å². The summed E-state index contributed by atoms with van der Waals surface area (Å²) in [5.41, 5.74) is 3.67. The third-order valence-electron chi connectivity index (χ3n) is 3.61. The Hall–Kier alpha value is -1.81. The van der Waals surface area contributed by atoms with E-state index in [-0.39, 0.29) is 0 Å². The van der Waals surface area contributed by atoms with Crippen LogP contribution in [0.15, 0.2) is 46.9 Å². The first-order valence-corrected chi connectivity index (χ1v) is 7.26. The first-order chi connectivity index (χ1) is 9.56. The number of benzene rings is 2. The molecular formula is C16H14BrNO2. The quantitative estimate of drug-likeness (QED) is 0.895. The summed E-state index contributed by atoms with van der Waals surface area (Å²) >= 11 is 3.40. The highest BCUT2D eigenvalue weighted by molar-refractivity contribution is 9.10. The van der Waals surface area contributed by atoms with Gasteiger partial charge in [0.1, 0.15) is 0 Å². The minimum atomic E-state index is -0.910. The van der Waals surface area contributed by atoms with E-state index in [0.717, 1.165) is 22.3 Å². The molecule has 1 aliphatic heterocycles. The van der Waals surface area contributed by atoms with E-state index in [1.165, 1.54) is 5.56 Å². The molecule has 0 radical (unpaired) electrons. The summed E-state index contributed by atoms with van der Waals surface area (Å²) in [6.45, 7) is 2.15. The van der Waals surface area contributed by atoms with Crippen LogP contribution in [-0.2, 0) is 6.42 Å². The number of aromatic carboxylic acids is 1. The Kier molecular flexibility index (Phi) is 3.26. The number of halogens is 1. The molecule has 0 fully saturated rings. The predicted octanol–water partition coefficient (Wildman–Crippen LogP) is 4.23. The van der Waals surface area contributed by atoms with Gasteiger partial charge in [-0.25, -0.2) is 4.79 Å². The first kappa shape index (κ1) is 13.2. The normalized spacial score (nSPS) is 17.1. The zero-order valence-electron chi connectivity index (χ0n) is 11.0. The van der Waals surface area contributed by atoms with Gasteiger partial charge in [-0.05, 0) is 43.2 Å². The fraction of sp³-hybridized carbons (Fsp3) is 0.188. The van der Waals surface area contributed by atoms with Gasteiger partial charge < -0.3 is 10.0 Å². The summed E-state index contributed by atoms with van der Waals surface area (Å²) in [5.74, 6) is -0.910. The molecule has 2 aromatic rings. The smallest absolute Gasteiger partial charge is 0.335 e. The first-order valence-electron chi connectivity index (χ1n) is 6.47. The molecule has 3 rings (SSSR count). The summed E-state index contributed by atoms with van der Waals surface area (Å²) in [7, 11) is 0. The molecule has 1 N–H and O–H groups in total. The highest BCUT2D eigenvalue weighted by Gasteiger charge is 2.27. The fourth-order valence-electron chi connectivity index (χ4n) is 2.80. The lowest BCUT2D eigenvalue weighted by Gasteiger charge is -2.25. The van der Waals surface area contributed by atoms with Crippen LogP contribution >= 0.6 is 15.9 Å². The van der Waals surface area contributed by atoms with E-state index < -0.39 is 5.97 Å². The predicted molar refractivity (Wildman–Crippen MR) is 82.8 cm³/mol. The molecule has 0 aliphatic carbocycles. The van der Waals surface area contributed by atoms with Crippen LogP contribution in [0.3, 0.4) is 0 Å². The number of para-hydroxylation sites is 1. The van der Waals surface area contributed by atoms with E-state index in [0.29, 0.717) is 11.6 Å². The molecule has 3 nitrogen and oxygen atoms in total. The lowest BCUT2D eigenvalue weighted by Crippen LogP contribution is -2.24. The maximum absolute atomic E-state index is 11.2. The van der Waals surface area contributed by atoms with Gasteiger partial charge in [0.25, 0.3) is 0 Å². The van der Waals surface area contributed by atoms with Crippen molar-refractivity contribution in [1.29, 1.82) is 0 Å². The number of rotatable bonds is 2. The lowest BCUT2D eigenvalue weighted by molar-refractivity contribution is 0.0697. The fourth-order valence-corrected chi connectivity index (χ4v) is 3.28. The van der Waals surface area contributed by atoms with Gasteiger partial charge >= 0.3 is 5.97 Å². The Bertz CT molecular complexity index is 684. The number of hydrogen-bond donors (Lipinski definition) is 1. The molecule has 1 atom stereocenters. The maximum Gasteiger partial charge on any atom is 0.335 e. The zero-order valence-corrected chi connectivity index (χ0v) is 12.6. The van der Waals surface area contributed by atoms with Crippen molar-refractivity contribution in [2.75, 3.05) is 4.90 Å². The molecule has 1 heterocycles. The lowest BCUT2D eigenvalue weighted by atomic mass is 10.1. The van der Waals surface area contributed by atoms with E-state index in [1.807, 2.05) is 18.2 Å². The van der Waals surface area contributed by atoms with Crippen molar-refractivity contribution in [1.82, 2.24) is 0 Å². The number of carboxylic acid groups (broad SMARTS) is 1. The van der Waals surface area contributed by atoms with Crippen LogP contribution in [0, 0.1) is 0 Å². The van der Waals surface area contributed by atoms with Crippen LogP contribution in [0.5, 0.6) is 0 Å². The van der Waals surface area contributed by atoms with Gasteiger partial charge in [-0.1, -0.05) is 34.1 Å². The molecular weight excluding hydrogens is 318 g/mol. The molecule has 0 bridgehead atoms. The highest BCUT2D eigenvalue weighted by Crippen LogP contribution is 2.39. The average Bonchev–Trinajstić information content (AvgIpc) is 2.73. The van der Waals surface area contributed by atoms with Gasteiger partial charge in [-0.2, -0.15) is 0 Å². The summed E-state index contributed by atoms with van der Waals surface area (Å²) in [5, 5.41) is 9.20. The Morgan fingerprint density at radius 2 is 2.05 bits per heavy atom. The van der Waals surface area contributed by atoms with Crippen molar-refractivity contribution in [2.24, 2.45) is 0 Å². The second kappa shape index (κ2) is 4.94. The second-order valence-electron chi connectivity index (χ2n) is 5.06. The van der Waals surface area contributed by atoms with Crippen molar-refractivity contribution < 1.29 is 9.90 Å². The van der Waals surface area contributed by atoms with Crippen molar-refractivity contribution in [3.05, 3.63) is 58.1 Å². The summed E-state index contributed by atoms with van der Waals surface area (Å²) in [4.78, 5) is 13.4. The number of hydrogen-bond acceptors (Lipinski definition) is 2. The molecule has 1 unspecified atom stereocenters. The van der Waals surface area contributed by atoms with E-state index in [2.05, 4.69) is 39.9 Å². The van der Waals surface area contributed by atoms with Gasteiger partial charge in [0.05, 0.1) is 5.56 Å². The monoisotopic (exact) mass is 331 g/mol. The number of nitrogens with zero attached hydrogens (tertiary/aromatic N) is 1. The summed E-state index contributed by atoms with van der Waals surface area (Å²) < 4.78 is 0.781. The third kappa shape index (κ3) is 2.20. The van der Waals surface area contributed by atoms with Crippen molar-refractivity contribution in [3.63, 3.8) is 0 Å². The van der Waals surface area contributed by atoms with Gasteiger partial charge in [0.15, 0.2) is 0 Å². The third-order valence-corrected chi connectivity index (χ3v) is 4.07. The van der Waals surface area contributed by atoms with Crippen LogP contribution in [-0.4, -0.2) is 17.1 Å². The molecule has 0 saturated carbocycles. The second-order valence-corrected chi connectivity index (χ2v) is 5.97. The molecule has 2 aromatic carbocycles. The van der Waals surface area contributed by atoms with E-state index >= 15 is 0 Å². The Labute approximate surface area is 126 Å². The largest absolute Gasteiger partial charge is 0.478 e. The van der Waals surface area contributed by atoms with E-state index in [1.54, 1.807) is 12.1 Å². The average molecular weight is 332 g/mol. The van der Waals surface area contributed by atoms with Crippen molar-refractivity contribution in [3.8, 4) is 0 Å². The van der Waals surface area contributed by atoms with Crippen LogP contribution in [0.4, 0.5) is 11.4 Å². The molecule has 0 amide bonds. The van der Waals surface area contributed by atoms with E-state index in [4.69, 9.17) is 0 Å². The minimum Gasteiger partial charge on any atom is -0.478 e. The standard InChI is InChI=1S/C16H14BrNO2/c1-10-6-11-4-2-3-5-15(11)18(10)14-8-12(16(19)20)7-13(17)9-14/h2-5,7-10H,6H2,1H3,(H,19,20). The number of carbonyl (C=O) groups is 1. The molecule has 102 valence electrons. The number of fused-ring (bicyclic) bond motifs is 1. The summed E-state index contributed by atoms with van der Waals surface area (Å²) in [6, 6.07) is 13.9. The topological polar surface area (TPSA) is 40.5 Å². The van der Waals surface area contributed by atoms with Crippen LogP contribution in [0.2, 0.25) is 0 Å². The Balaban J connectivity index is 2.11. The number of carboxylic acids is 1. The SMILES string of the molecule is CC1Cc2ccccc2N1c1cc(Br)cc(C(=O)O)c1. The van der Waals surface area contributed by atoms with Crippen LogP contribution < -0.4 is 4.90 Å². The molecule has 0 spiro atoms. The zero-order chi connectivity index (χ0) is 14.3.